The van der Waals surface area contributed by atoms with E-state index >= 15 is 0 Å². The predicted molar refractivity (Wildman–Crippen MR) is 79.8 cm³/mol. The second-order valence-electron chi connectivity index (χ2n) is 6.10. The number of nitro groups is 1. The molecule has 1 fully saturated rings. The molecule has 114 valence electrons. The smallest absolute Gasteiger partial charge is 0.306 e. The Hall–Kier alpha value is -2.15. The van der Waals surface area contributed by atoms with Crippen molar-refractivity contribution in [1.82, 2.24) is 4.90 Å². The molecule has 1 aliphatic rings. The van der Waals surface area contributed by atoms with Crippen LogP contribution in [-0.2, 0) is 0 Å². The summed E-state index contributed by atoms with van der Waals surface area (Å²) < 4.78 is 0. The molecule has 1 amide bonds. The summed E-state index contributed by atoms with van der Waals surface area (Å²) in [5.74, 6) is 4.99. The minimum absolute atomic E-state index is 0.0341. The van der Waals surface area contributed by atoms with Crippen LogP contribution in [-0.4, -0.2) is 28.8 Å². The first-order valence-electron chi connectivity index (χ1n) is 6.89. The third kappa shape index (κ3) is 3.13. The largest absolute Gasteiger partial charge is 0.338 e. The Bertz CT molecular complexity index is 571. The van der Waals surface area contributed by atoms with Crippen molar-refractivity contribution in [1.29, 1.82) is 0 Å². The highest BCUT2D eigenvalue weighted by Gasteiger charge is 2.33. The summed E-state index contributed by atoms with van der Waals surface area (Å²) in [7, 11) is 0. The number of anilines is 1. The summed E-state index contributed by atoms with van der Waals surface area (Å²) in [6.07, 6.45) is 1.95. The van der Waals surface area contributed by atoms with Crippen LogP contribution in [0.4, 0.5) is 11.4 Å². The van der Waals surface area contributed by atoms with Crippen molar-refractivity contribution in [2.75, 3.05) is 18.5 Å². The summed E-state index contributed by atoms with van der Waals surface area (Å²) in [5, 5.41) is 11.3. The number of benzene rings is 1. The zero-order chi connectivity index (χ0) is 15.6. The summed E-state index contributed by atoms with van der Waals surface area (Å²) >= 11 is 0. The maximum Gasteiger partial charge on any atom is 0.306 e. The van der Waals surface area contributed by atoms with Crippen molar-refractivity contribution in [2.24, 2.45) is 11.3 Å². The van der Waals surface area contributed by atoms with Crippen LogP contribution in [0.1, 0.15) is 37.0 Å². The molecular weight excluding hydrogens is 272 g/mol. The minimum Gasteiger partial charge on any atom is -0.338 e. The van der Waals surface area contributed by atoms with Crippen LogP contribution in [0.15, 0.2) is 18.2 Å². The van der Waals surface area contributed by atoms with Crippen molar-refractivity contribution in [2.45, 2.75) is 26.7 Å². The second-order valence-corrected chi connectivity index (χ2v) is 6.10. The lowest BCUT2D eigenvalue weighted by atomic mass is 9.84. The number of nitrogens with zero attached hydrogens (tertiary/aromatic N) is 2. The van der Waals surface area contributed by atoms with E-state index < -0.39 is 4.92 Å². The lowest BCUT2D eigenvalue weighted by molar-refractivity contribution is -0.384. The number of likely N-dealkylation sites (tertiary alicyclic amines) is 1. The molecule has 1 saturated heterocycles. The topological polar surface area (TPSA) is 102 Å². The number of amides is 1. The zero-order valence-corrected chi connectivity index (χ0v) is 12.3. The molecule has 0 aromatic heterocycles. The molecule has 0 atom stereocenters. The quantitative estimate of drug-likeness (QED) is 0.505. The molecule has 1 heterocycles. The van der Waals surface area contributed by atoms with Gasteiger partial charge in [0.05, 0.1) is 4.92 Å². The van der Waals surface area contributed by atoms with Gasteiger partial charge in [-0.1, -0.05) is 19.9 Å². The van der Waals surface area contributed by atoms with Crippen molar-refractivity contribution in [3.05, 3.63) is 33.9 Å². The van der Waals surface area contributed by atoms with Crippen molar-refractivity contribution >= 4 is 17.3 Å². The number of carbonyl (C=O) groups is 1. The van der Waals surface area contributed by atoms with E-state index in [0.717, 1.165) is 12.8 Å². The van der Waals surface area contributed by atoms with Crippen molar-refractivity contribution in [3.8, 4) is 0 Å². The summed E-state index contributed by atoms with van der Waals surface area (Å²) in [6.45, 7) is 5.42. The number of nitro benzene ring substituents is 1. The Morgan fingerprint density at radius 3 is 2.76 bits per heavy atom. The van der Waals surface area contributed by atoms with Gasteiger partial charge < -0.3 is 10.3 Å². The first-order chi connectivity index (χ1) is 9.85. The van der Waals surface area contributed by atoms with Crippen LogP contribution >= 0.6 is 0 Å². The van der Waals surface area contributed by atoms with Gasteiger partial charge in [0.15, 0.2) is 0 Å². The van der Waals surface area contributed by atoms with Crippen LogP contribution in [0.3, 0.4) is 0 Å². The lowest BCUT2D eigenvalue weighted by Crippen LogP contribution is -2.43. The van der Waals surface area contributed by atoms with Crippen LogP contribution in [0.2, 0.25) is 0 Å². The van der Waals surface area contributed by atoms with Crippen molar-refractivity contribution in [3.63, 3.8) is 0 Å². The molecule has 21 heavy (non-hydrogen) atoms. The predicted octanol–water partition coefficient (Wildman–Crippen LogP) is 2.14. The SMILES string of the molecule is CC1(C)CCCN(C(=O)c2cccc(NN)c2[N+](=O)[O-])C1. The van der Waals surface area contributed by atoms with E-state index in [4.69, 9.17) is 5.84 Å². The third-order valence-electron chi connectivity index (χ3n) is 3.79. The third-order valence-corrected chi connectivity index (χ3v) is 3.79. The molecule has 2 rings (SSSR count). The normalized spacial score (nSPS) is 17.4. The number of piperidine rings is 1. The van der Waals surface area contributed by atoms with E-state index in [0.29, 0.717) is 13.1 Å². The molecule has 0 aliphatic carbocycles. The van der Waals surface area contributed by atoms with Crippen LogP contribution in [0.5, 0.6) is 0 Å². The van der Waals surface area contributed by atoms with E-state index in [-0.39, 0.29) is 28.3 Å². The number of carbonyl (C=O) groups excluding carboxylic acids is 1. The van der Waals surface area contributed by atoms with Gasteiger partial charge in [-0.05, 0) is 30.4 Å². The molecule has 1 aromatic carbocycles. The number of hydrazine groups is 1. The number of hydrogen-bond acceptors (Lipinski definition) is 5. The molecule has 1 aromatic rings. The number of hydrogen-bond donors (Lipinski definition) is 2. The van der Waals surface area contributed by atoms with E-state index in [1.165, 1.54) is 12.1 Å². The Balaban J connectivity index is 2.37. The van der Waals surface area contributed by atoms with Gasteiger partial charge in [0.25, 0.3) is 5.91 Å². The second kappa shape index (κ2) is 5.69. The highest BCUT2D eigenvalue weighted by atomic mass is 16.6. The summed E-state index contributed by atoms with van der Waals surface area (Å²) in [5.41, 5.74) is 2.26. The maximum absolute atomic E-state index is 12.6. The first-order valence-corrected chi connectivity index (χ1v) is 6.89. The number of nitrogen functional groups attached to an aromatic ring is 1. The average molecular weight is 292 g/mol. The Labute approximate surface area is 123 Å². The highest BCUT2D eigenvalue weighted by molar-refractivity contribution is 6.00. The highest BCUT2D eigenvalue weighted by Crippen LogP contribution is 2.33. The molecule has 3 N–H and O–H groups in total. The summed E-state index contributed by atoms with van der Waals surface area (Å²) in [4.78, 5) is 25.0. The maximum atomic E-state index is 12.6. The minimum atomic E-state index is -0.572. The van der Waals surface area contributed by atoms with Gasteiger partial charge in [0, 0.05) is 13.1 Å². The molecule has 0 bridgehead atoms. The van der Waals surface area contributed by atoms with E-state index in [1.807, 2.05) is 0 Å². The zero-order valence-electron chi connectivity index (χ0n) is 12.3. The molecule has 7 nitrogen and oxygen atoms in total. The van der Waals surface area contributed by atoms with E-state index in [2.05, 4.69) is 19.3 Å². The number of nitrogens with two attached hydrogens (primary N) is 1. The number of nitrogens with one attached hydrogen (secondary N) is 1. The fourth-order valence-corrected chi connectivity index (χ4v) is 2.80. The molecule has 0 saturated carbocycles. The molecular formula is C14H20N4O3. The van der Waals surface area contributed by atoms with Crippen LogP contribution in [0.25, 0.3) is 0 Å². The van der Waals surface area contributed by atoms with E-state index in [9.17, 15) is 14.9 Å². The van der Waals surface area contributed by atoms with Crippen LogP contribution in [0, 0.1) is 15.5 Å². The monoisotopic (exact) mass is 292 g/mol. The van der Waals surface area contributed by atoms with Gasteiger partial charge in [0.1, 0.15) is 11.3 Å². The van der Waals surface area contributed by atoms with E-state index in [1.54, 1.807) is 11.0 Å². The van der Waals surface area contributed by atoms with Crippen LogP contribution < -0.4 is 11.3 Å². The van der Waals surface area contributed by atoms with Crippen molar-refractivity contribution < 1.29 is 9.72 Å². The number of para-hydroxylation sites is 1. The van der Waals surface area contributed by atoms with Gasteiger partial charge in [-0.3, -0.25) is 20.8 Å². The molecule has 0 unspecified atom stereocenters. The Morgan fingerprint density at radius 2 is 2.19 bits per heavy atom. The molecule has 7 heteroatoms. The fraction of sp³-hybridized carbons (Fsp3) is 0.500. The molecule has 0 radical (unpaired) electrons. The van der Waals surface area contributed by atoms with Gasteiger partial charge in [-0.25, -0.2) is 0 Å². The molecule has 0 spiro atoms. The van der Waals surface area contributed by atoms with Gasteiger partial charge >= 0.3 is 5.69 Å². The number of rotatable bonds is 3. The van der Waals surface area contributed by atoms with Gasteiger partial charge in [-0.2, -0.15) is 0 Å². The fourth-order valence-electron chi connectivity index (χ4n) is 2.80. The summed E-state index contributed by atoms with van der Waals surface area (Å²) in [6, 6.07) is 4.54. The van der Waals surface area contributed by atoms with Gasteiger partial charge in [0.2, 0.25) is 0 Å². The Morgan fingerprint density at radius 1 is 1.48 bits per heavy atom. The lowest BCUT2D eigenvalue weighted by Gasteiger charge is -2.38. The molecule has 1 aliphatic heterocycles. The average Bonchev–Trinajstić information content (AvgIpc) is 2.44. The first kappa shape index (κ1) is 15.2. The van der Waals surface area contributed by atoms with Gasteiger partial charge in [-0.15, -0.1) is 0 Å². The standard InChI is InChI=1S/C14H20N4O3/c1-14(2)7-4-8-17(9-14)13(19)10-5-3-6-11(16-15)12(10)18(20)21/h3,5-6,16H,4,7-9,15H2,1-2H3. The Kier molecular flexibility index (Phi) is 4.13.